The molecule has 1 aromatic heterocycles. The van der Waals surface area contributed by atoms with E-state index in [-0.39, 0.29) is 12.4 Å². The lowest BCUT2D eigenvalue weighted by atomic mass is 10.2. The molecule has 108 valence electrons. The van der Waals surface area contributed by atoms with Gasteiger partial charge in [-0.25, -0.2) is 4.68 Å². The van der Waals surface area contributed by atoms with Gasteiger partial charge in [-0.3, -0.25) is 0 Å². The largest absolute Gasteiger partial charge is 0.434 e. The summed E-state index contributed by atoms with van der Waals surface area (Å²) in [4.78, 5) is 0. The topological polar surface area (TPSA) is 60.2 Å². The van der Waals surface area contributed by atoms with Crippen LogP contribution < -0.4 is 4.74 Å². The molecule has 2 rings (SSSR count). The summed E-state index contributed by atoms with van der Waals surface area (Å²) in [6, 6.07) is 6.57. The van der Waals surface area contributed by atoms with E-state index in [1.54, 1.807) is 29.1 Å². The summed E-state index contributed by atoms with van der Waals surface area (Å²) >= 11 is 0. The van der Waals surface area contributed by atoms with Crippen molar-refractivity contribution in [2.45, 2.75) is 26.0 Å². The van der Waals surface area contributed by atoms with Gasteiger partial charge in [0, 0.05) is 18.4 Å². The van der Waals surface area contributed by atoms with Gasteiger partial charge in [-0.05, 0) is 18.9 Å². The maximum atomic E-state index is 12.3. The molecular weight excluding hydrogens is 268 g/mol. The second kappa shape index (κ2) is 6.95. The van der Waals surface area contributed by atoms with E-state index in [1.165, 1.54) is 6.07 Å². The van der Waals surface area contributed by atoms with Gasteiger partial charge in [0.05, 0.1) is 12.2 Å². The van der Waals surface area contributed by atoms with Crippen LogP contribution in [-0.4, -0.2) is 33.3 Å². The van der Waals surface area contributed by atoms with Gasteiger partial charge in [0.2, 0.25) is 0 Å². The Labute approximate surface area is 114 Å². The second-order valence-electron chi connectivity index (χ2n) is 4.22. The molecule has 1 N–H and O–H groups in total. The minimum absolute atomic E-state index is 0.0952. The van der Waals surface area contributed by atoms with Crippen LogP contribution in [0, 0.1) is 0 Å². The summed E-state index contributed by atoms with van der Waals surface area (Å²) in [6.07, 6.45) is 2.98. The third-order valence-electron chi connectivity index (χ3n) is 2.70. The average molecular weight is 283 g/mol. The minimum atomic E-state index is -2.85. The van der Waals surface area contributed by atoms with Crippen LogP contribution in [0.2, 0.25) is 0 Å². The Hall–Kier alpha value is -2.02. The Morgan fingerprint density at radius 2 is 2.10 bits per heavy atom. The fourth-order valence-corrected chi connectivity index (χ4v) is 1.81. The van der Waals surface area contributed by atoms with E-state index in [0.29, 0.717) is 24.9 Å². The smallest absolute Gasteiger partial charge is 0.387 e. The highest BCUT2D eigenvalue weighted by Gasteiger charge is 2.10. The van der Waals surface area contributed by atoms with Crippen molar-refractivity contribution in [3.8, 4) is 5.75 Å². The summed E-state index contributed by atoms with van der Waals surface area (Å²) < 4.78 is 30.6. The Balaban J connectivity index is 2.07. The molecule has 0 aliphatic heterocycles. The molecule has 0 radical (unpaired) electrons. The molecule has 20 heavy (non-hydrogen) atoms. The number of aryl methyl sites for hydroxylation is 1. The molecule has 0 aliphatic rings. The van der Waals surface area contributed by atoms with Gasteiger partial charge in [0.15, 0.2) is 0 Å². The zero-order chi connectivity index (χ0) is 14.4. The lowest BCUT2D eigenvalue weighted by molar-refractivity contribution is -0.0505. The predicted molar refractivity (Wildman–Crippen MR) is 67.6 cm³/mol. The van der Waals surface area contributed by atoms with E-state index in [1.807, 2.05) is 0 Å². The Morgan fingerprint density at radius 1 is 1.30 bits per heavy atom. The van der Waals surface area contributed by atoms with Crippen LogP contribution in [0.15, 0.2) is 30.5 Å². The van der Waals surface area contributed by atoms with E-state index < -0.39 is 6.61 Å². The second-order valence-corrected chi connectivity index (χ2v) is 4.22. The molecule has 0 amide bonds. The standard InChI is InChI=1S/C13H15F2N3O2/c14-13(15)20-12-6-2-1-4-10(12)8-18-9-11(16-17-18)5-3-7-19/h1-2,4,6,9,13,19H,3,5,7-8H2. The van der Waals surface area contributed by atoms with Crippen LogP contribution in [0.4, 0.5) is 8.78 Å². The zero-order valence-electron chi connectivity index (χ0n) is 10.7. The minimum Gasteiger partial charge on any atom is -0.434 e. The van der Waals surface area contributed by atoms with Crippen molar-refractivity contribution in [1.82, 2.24) is 15.0 Å². The summed E-state index contributed by atoms with van der Waals surface area (Å²) in [5, 5.41) is 16.6. The monoisotopic (exact) mass is 283 g/mol. The van der Waals surface area contributed by atoms with Crippen molar-refractivity contribution in [2.24, 2.45) is 0 Å². The zero-order valence-corrected chi connectivity index (χ0v) is 10.7. The molecule has 0 spiro atoms. The summed E-state index contributed by atoms with van der Waals surface area (Å²) in [5.41, 5.74) is 1.36. The van der Waals surface area contributed by atoms with Crippen LogP contribution >= 0.6 is 0 Å². The van der Waals surface area contributed by atoms with Crippen molar-refractivity contribution in [3.05, 3.63) is 41.7 Å². The van der Waals surface area contributed by atoms with Gasteiger partial charge in [0.25, 0.3) is 0 Å². The Kier molecular flexibility index (Phi) is 5.00. The highest BCUT2D eigenvalue weighted by atomic mass is 19.3. The fourth-order valence-electron chi connectivity index (χ4n) is 1.81. The van der Waals surface area contributed by atoms with Crippen LogP contribution in [0.5, 0.6) is 5.75 Å². The third-order valence-corrected chi connectivity index (χ3v) is 2.70. The molecule has 0 unspecified atom stereocenters. The number of aromatic nitrogens is 3. The number of para-hydroxylation sites is 1. The van der Waals surface area contributed by atoms with Crippen molar-refractivity contribution in [2.75, 3.05) is 6.61 Å². The van der Waals surface area contributed by atoms with Gasteiger partial charge in [-0.15, -0.1) is 5.10 Å². The van der Waals surface area contributed by atoms with Crippen LogP contribution in [0.1, 0.15) is 17.7 Å². The predicted octanol–water partition coefficient (Wildman–Crippen LogP) is 1.85. The number of ether oxygens (including phenoxy) is 1. The molecule has 0 atom stereocenters. The lowest BCUT2D eigenvalue weighted by Crippen LogP contribution is -2.07. The van der Waals surface area contributed by atoms with Gasteiger partial charge in [0.1, 0.15) is 5.75 Å². The Morgan fingerprint density at radius 3 is 2.85 bits per heavy atom. The number of aliphatic hydroxyl groups is 1. The first-order valence-corrected chi connectivity index (χ1v) is 6.21. The van der Waals surface area contributed by atoms with Crippen molar-refractivity contribution >= 4 is 0 Å². The normalized spacial score (nSPS) is 11.0. The first-order valence-electron chi connectivity index (χ1n) is 6.21. The number of hydrogen-bond donors (Lipinski definition) is 1. The lowest BCUT2D eigenvalue weighted by Gasteiger charge is -2.09. The number of halogens is 2. The van der Waals surface area contributed by atoms with Crippen molar-refractivity contribution in [1.29, 1.82) is 0 Å². The molecule has 0 saturated carbocycles. The maximum Gasteiger partial charge on any atom is 0.387 e. The highest BCUT2D eigenvalue weighted by molar-refractivity contribution is 5.33. The van der Waals surface area contributed by atoms with Gasteiger partial charge < -0.3 is 9.84 Å². The van der Waals surface area contributed by atoms with E-state index in [4.69, 9.17) is 5.11 Å². The molecular formula is C13H15F2N3O2. The average Bonchev–Trinajstić information content (AvgIpc) is 2.86. The van der Waals surface area contributed by atoms with Crippen LogP contribution in [-0.2, 0) is 13.0 Å². The number of benzene rings is 1. The quantitative estimate of drug-likeness (QED) is 0.842. The van der Waals surface area contributed by atoms with Gasteiger partial charge in [-0.1, -0.05) is 23.4 Å². The molecule has 5 nitrogen and oxygen atoms in total. The molecule has 0 bridgehead atoms. The molecule has 0 fully saturated rings. The number of hydrogen-bond acceptors (Lipinski definition) is 4. The number of aliphatic hydroxyl groups excluding tert-OH is 1. The summed E-state index contributed by atoms with van der Waals surface area (Å²) in [7, 11) is 0. The van der Waals surface area contributed by atoms with Crippen molar-refractivity contribution < 1.29 is 18.6 Å². The molecule has 1 heterocycles. The number of nitrogens with zero attached hydrogens (tertiary/aromatic N) is 3. The first-order chi connectivity index (χ1) is 9.69. The fraction of sp³-hybridized carbons (Fsp3) is 0.385. The maximum absolute atomic E-state index is 12.3. The molecule has 1 aromatic carbocycles. The summed E-state index contributed by atoms with van der Waals surface area (Å²) in [6.45, 7) is -2.46. The van der Waals surface area contributed by atoms with E-state index in [0.717, 1.165) is 5.69 Å². The van der Waals surface area contributed by atoms with Gasteiger partial charge >= 0.3 is 6.61 Å². The molecule has 7 heteroatoms. The van der Waals surface area contributed by atoms with Crippen LogP contribution in [0.25, 0.3) is 0 Å². The molecule has 0 saturated heterocycles. The van der Waals surface area contributed by atoms with E-state index >= 15 is 0 Å². The van der Waals surface area contributed by atoms with E-state index in [9.17, 15) is 8.78 Å². The van der Waals surface area contributed by atoms with E-state index in [2.05, 4.69) is 15.0 Å². The SMILES string of the molecule is OCCCc1cn(Cc2ccccc2OC(F)F)nn1. The van der Waals surface area contributed by atoms with Crippen LogP contribution in [0.3, 0.4) is 0 Å². The molecule has 2 aromatic rings. The number of alkyl halides is 2. The highest BCUT2D eigenvalue weighted by Crippen LogP contribution is 2.21. The molecule has 0 aliphatic carbocycles. The third kappa shape index (κ3) is 3.99. The Bertz CT molecular complexity index is 546. The number of rotatable bonds is 7. The van der Waals surface area contributed by atoms with Crippen molar-refractivity contribution in [3.63, 3.8) is 0 Å². The first kappa shape index (κ1) is 14.4. The summed E-state index contributed by atoms with van der Waals surface area (Å²) in [5.74, 6) is 0.134. The van der Waals surface area contributed by atoms with Gasteiger partial charge in [-0.2, -0.15) is 8.78 Å².